The van der Waals surface area contributed by atoms with E-state index in [0.29, 0.717) is 19.4 Å². The molecule has 0 spiro atoms. The maximum absolute atomic E-state index is 12.3. The van der Waals surface area contributed by atoms with Gasteiger partial charge in [-0.2, -0.15) is 0 Å². The highest BCUT2D eigenvalue weighted by molar-refractivity contribution is 5.77. The van der Waals surface area contributed by atoms with Crippen LogP contribution in [0.5, 0.6) is 0 Å². The van der Waals surface area contributed by atoms with Crippen molar-refractivity contribution >= 4 is 5.91 Å². The lowest BCUT2D eigenvalue weighted by molar-refractivity contribution is -0.134. The summed E-state index contributed by atoms with van der Waals surface area (Å²) in [5.41, 5.74) is 2.21. The van der Waals surface area contributed by atoms with Crippen LogP contribution in [0.4, 0.5) is 0 Å². The van der Waals surface area contributed by atoms with Gasteiger partial charge in [-0.05, 0) is 39.2 Å². The Bertz CT molecular complexity index is 450. The number of hydrogen-bond acceptors (Lipinski definition) is 2. The average molecular weight is 261 g/mol. The molecule has 1 aromatic carbocycles. The second kappa shape index (κ2) is 5.33. The van der Waals surface area contributed by atoms with Gasteiger partial charge in [-0.3, -0.25) is 4.79 Å². The number of carbonyl (C=O) groups is 1. The van der Waals surface area contributed by atoms with Gasteiger partial charge < -0.3 is 10.0 Å². The number of likely N-dealkylation sites (tertiary alicyclic amines) is 1. The van der Waals surface area contributed by atoms with Crippen LogP contribution in [0.2, 0.25) is 0 Å². The Hall–Kier alpha value is -1.35. The number of aliphatic hydroxyl groups excluding tert-OH is 1. The smallest absolute Gasteiger partial charge is 0.223 e. The Morgan fingerprint density at radius 3 is 2.53 bits per heavy atom. The molecule has 1 saturated heterocycles. The van der Waals surface area contributed by atoms with Crippen LogP contribution < -0.4 is 0 Å². The normalized spacial score (nSPS) is 21.7. The van der Waals surface area contributed by atoms with Crippen molar-refractivity contribution < 1.29 is 9.90 Å². The Morgan fingerprint density at radius 1 is 1.37 bits per heavy atom. The first kappa shape index (κ1) is 14.1. The molecule has 1 N–H and O–H groups in total. The molecule has 0 aliphatic carbocycles. The first-order valence-corrected chi connectivity index (χ1v) is 6.92. The minimum Gasteiger partial charge on any atom is -0.391 e. The Labute approximate surface area is 115 Å². The van der Waals surface area contributed by atoms with E-state index in [-0.39, 0.29) is 17.6 Å². The Morgan fingerprint density at radius 2 is 2.00 bits per heavy atom. The van der Waals surface area contributed by atoms with E-state index in [1.807, 2.05) is 18.7 Å². The van der Waals surface area contributed by atoms with Crippen LogP contribution in [0.1, 0.15) is 37.8 Å². The van der Waals surface area contributed by atoms with Crippen LogP contribution in [-0.2, 0) is 11.2 Å². The minimum absolute atomic E-state index is 0.141. The fourth-order valence-electron chi connectivity index (χ4n) is 2.79. The van der Waals surface area contributed by atoms with E-state index in [9.17, 15) is 9.90 Å². The maximum Gasteiger partial charge on any atom is 0.223 e. The van der Waals surface area contributed by atoms with Gasteiger partial charge in [0.15, 0.2) is 0 Å². The van der Waals surface area contributed by atoms with Crippen LogP contribution in [0.3, 0.4) is 0 Å². The molecule has 1 heterocycles. The Balaban J connectivity index is 1.93. The summed E-state index contributed by atoms with van der Waals surface area (Å²) >= 11 is 0. The first-order valence-electron chi connectivity index (χ1n) is 6.92. The summed E-state index contributed by atoms with van der Waals surface area (Å²) in [6, 6.07) is 8.30. The fourth-order valence-corrected chi connectivity index (χ4v) is 2.79. The van der Waals surface area contributed by atoms with Crippen LogP contribution in [0.15, 0.2) is 24.3 Å². The number of hydrogen-bond donors (Lipinski definition) is 1. The third kappa shape index (κ3) is 3.35. The number of carbonyl (C=O) groups excluding carboxylic acids is 1. The largest absolute Gasteiger partial charge is 0.391 e. The number of β-amino-alcohol motifs (C(OH)–C–C–N with tert-alkyl or cyclic N) is 1. The van der Waals surface area contributed by atoms with Crippen molar-refractivity contribution in [1.29, 1.82) is 0 Å². The summed E-state index contributed by atoms with van der Waals surface area (Å²) in [7, 11) is 0. The van der Waals surface area contributed by atoms with Gasteiger partial charge in [-0.1, -0.05) is 29.8 Å². The minimum atomic E-state index is -0.377. The topological polar surface area (TPSA) is 40.5 Å². The molecule has 2 rings (SSSR count). The Kier molecular flexibility index (Phi) is 3.95. The van der Waals surface area contributed by atoms with Crippen molar-refractivity contribution in [3.05, 3.63) is 35.4 Å². The van der Waals surface area contributed by atoms with Crippen molar-refractivity contribution in [3.63, 3.8) is 0 Å². The van der Waals surface area contributed by atoms with Crippen LogP contribution in [-0.4, -0.2) is 34.1 Å². The predicted octanol–water partition coefficient (Wildman–Crippen LogP) is 2.30. The molecular weight excluding hydrogens is 238 g/mol. The van der Waals surface area contributed by atoms with E-state index in [2.05, 4.69) is 31.2 Å². The molecule has 0 radical (unpaired) electrons. The monoisotopic (exact) mass is 261 g/mol. The molecule has 3 nitrogen and oxygen atoms in total. The molecule has 1 aliphatic rings. The van der Waals surface area contributed by atoms with Crippen LogP contribution >= 0.6 is 0 Å². The second-order valence-corrected chi connectivity index (χ2v) is 6.16. The van der Waals surface area contributed by atoms with E-state index >= 15 is 0 Å². The summed E-state index contributed by atoms with van der Waals surface area (Å²) in [6.07, 6.45) is 1.57. The summed E-state index contributed by atoms with van der Waals surface area (Å²) < 4.78 is 0. The van der Waals surface area contributed by atoms with Gasteiger partial charge >= 0.3 is 0 Å². The van der Waals surface area contributed by atoms with E-state index in [0.717, 1.165) is 6.42 Å². The van der Waals surface area contributed by atoms with Crippen molar-refractivity contribution in [2.45, 2.75) is 51.7 Å². The number of benzene rings is 1. The van der Waals surface area contributed by atoms with E-state index in [1.54, 1.807) is 0 Å². The summed E-state index contributed by atoms with van der Waals surface area (Å²) in [5.74, 6) is 0.141. The van der Waals surface area contributed by atoms with Gasteiger partial charge in [-0.25, -0.2) is 0 Å². The summed E-state index contributed by atoms with van der Waals surface area (Å²) in [5, 5.41) is 9.71. The number of aryl methyl sites for hydroxylation is 2. The van der Waals surface area contributed by atoms with Gasteiger partial charge in [0.2, 0.25) is 5.91 Å². The molecule has 1 fully saturated rings. The van der Waals surface area contributed by atoms with E-state index in [4.69, 9.17) is 0 Å². The fraction of sp³-hybridized carbons (Fsp3) is 0.562. The molecule has 1 aliphatic heterocycles. The van der Waals surface area contributed by atoms with Gasteiger partial charge in [0, 0.05) is 18.5 Å². The molecule has 19 heavy (non-hydrogen) atoms. The molecule has 1 aromatic rings. The lowest BCUT2D eigenvalue weighted by Crippen LogP contribution is -2.42. The van der Waals surface area contributed by atoms with Crippen molar-refractivity contribution in [3.8, 4) is 0 Å². The van der Waals surface area contributed by atoms with Crippen molar-refractivity contribution in [2.24, 2.45) is 0 Å². The number of amides is 1. The van der Waals surface area contributed by atoms with Gasteiger partial charge in [0.1, 0.15) is 0 Å². The molecule has 0 aromatic heterocycles. The zero-order valence-corrected chi connectivity index (χ0v) is 12.0. The molecule has 0 bridgehead atoms. The highest BCUT2D eigenvalue weighted by Crippen LogP contribution is 2.29. The third-order valence-corrected chi connectivity index (χ3v) is 3.91. The molecule has 0 saturated carbocycles. The van der Waals surface area contributed by atoms with Crippen LogP contribution in [0.25, 0.3) is 0 Å². The number of nitrogens with zero attached hydrogens (tertiary/aromatic N) is 1. The average Bonchev–Trinajstić information content (AvgIpc) is 2.61. The second-order valence-electron chi connectivity index (χ2n) is 6.16. The van der Waals surface area contributed by atoms with E-state index in [1.165, 1.54) is 11.1 Å². The summed E-state index contributed by atoms with van der Waals surface area (Å²) in [6.45, 7) is 6.57. The molecule has 1 amide bonds. The first-order chi connectivity index (χ1) is 8.88. The van der Waals surface area contributed by atoms with Crippen LogP contribution in [0, 0.1) is 6.92 Å². The summed E-state index contributed by atoms with van der Waals surface area (Å²) in [4.78, 5) is 14.1. The SMILES string of the molecule is Cc1ccc(CCC(=O)N2CC(O)CC2(C)C)cc1. The standard InChI is InChI=1S/C16H23NO2/c1-12-4-6-13(7-5-12)8-9-15(19)17-11-14(18)10-16(17,2)3/h4-7,14,18H,8-11H2,1-3H3. The lowest BCUT2D eigenvalue weighted by atomic mass is 10.0. The number of rotatable bonds is 3. The number of aliphatic hydroxyl groups is 1. The van der Waals surface area contributed by atoms with Crippen molar-refractivity contribution in [1.82, 2.24) is 4.90 Å². The van der Waals surface area contributed by atoms with Gasteiger partial charge in [-0.15, -0.1) is 0 Å². The molecule has 1 atom stereocenters. The third-order valence-electron chi connectivity index (χ3n) is 3.91. The van der Waals surface area contributed by atoms with Crippen molar-refractivity contribution in [2.75, 3.05) is 6.54 Å². The molecule has 104 valence electrons. The molecule has 1 unspecified atom stereocenters. The van der Waals surface area contributed by atoms with Gasteiger partial charge in [0.05, 0.1) is 6.10 Å². The highest BCUT2D eigenvalue weighted by atomic mass is 16.3. The predicted molar refractivity (Wildman–Crippen MR) is 75.9 cm³/mol. The maximum atomic E-state index is 12.3. The quantitative estimate of drug-likeness (QED) is 0.907. The van der Waals surface area contributed by atoms with E-state index < -0.39 is 0 Å². The molecule has 3 heteroatoms. The van der Waals surface area contributed by atoms with Gasteiger partial charge in [0.25, 0.3) is 0 Å². The zero-order valence-electron chi connectivity index (χ0n) is 12.0. The lowest BCUT2D eigenvalue weighted by Gasteiger charge is -2.31. The molecular formula is C16H23NO2. The zero-order chi connectivity index (χ0) is 14.0. The highest BCUT2D eigenvalue weighted by Gasteiger charge is 2.39.